The summed E-state index contributed by atoms with van der Waals surface area (Å²) < 4.78 is 19.1. The Morgan fingerprint density at radius 1 is 1.47 bits per heavy atom. The molecule has 4 heteroatoms. The third-order valence-electron chi connectivity index (χ3n) is 3.93. The highest BCUT2D eigenvalue weighted by molar-refractivity contribution is 5.37. The van der Waals surface area contributed by atoms with Crippen LogP contribution < -0.4 is 10.5 Å². The fourth-order valence-electron chi connectivity index (χ4n) is 2.57. The first-order chi connectivity index (χ1) is 8.96. The van der Waals surface area contributed by atoms with E-state index in [4.69, 9.17) is 10.5 Å². The molecule has 106 valence electrons. The number of ether oxygens (including phenoxy) is 1. The van der Waals surface area contributed by atoms with Crippen molar-refractivity contribution >= 4 is 0 Å². The number of rotatable bonds is 5. The summed E-state index contributed by atoms with van der Waals surface area (Å²) >= 11 is 0. The number of benzene rings is 1. The molecule has 0 aromatic heterocycles. The molecule has 1 aromatic rings. The molecule has 0 saturated heterocycles. The lowest BCUT2D eigenvalue weighted by Gasteiger charge is -2.38. The van der Waals surface area contributed by atoms with E-state index in [1.165, 1.54) is 6.07 Å². The van der Waals surface area contributed by atoms with Crippen LogP contribution in [-0.4, -0.2) is 36.2 Å². The van der Waals surface area contributed by atoms with Gasteiger partial charge in [0.2, 0.25) is 0 Å². The lowest BCUT2D eigenvalue weighted by atomic mass is 10.0. The van der Waals surface area contributed by atoms with E-state index in [1.807, 2.05) is 0 Å². The Hall–Kier alpha value is -1.13. The number of halogens is 1. The van der Waals surface area contributed by atoms with Crippen molar-refractivity contribution in [2.24, 2.45) is 5.73 Å². The highest BCUT2D eigenvalue weighted by Crippen LogP contribution is 2.30. The van der Waals surface area contributed by atoms with E-state index >= 15 is 0 Å². The molecule has 2 rings (SSSR count). The van der Waals surface area contributed by atoms with Crippen LogP contribution in [0.1, 0.15) is 26.3 Å². The Kier molecular flexibility index (Phi) is 4.11. The predicted octanol–water partition coefficient (Wildman–Crippen LogP) is 2.19. The molecule has 1 aromatic carbocycles. The number of nitrogens with zero attached hydrogens (tertiary/aromatic N) is 1. The molecule has 1 unspecified atom stereocenters. The van der Waals surface area contributed by atoms with Gasteiger partial charge in [-0.15, -0.1) is 0 Å². The third-order valence-corrected chi connectivity index (χ3v) is 3.93. The van der Waals surface area contributed by atoms with Crippen molar-refractivity contribution in [2.45, 2.75) is 38.8 Å². The first kappa shape index (κ1) is 14.3. The van der Waals surface area contributed by atoms with Crippen LogP contribution in [-0.2, 0) is 6.42 Å². The molecular weight excluding hydrogens is 243 g/mol. The van der Waals surface area contributed by atoms with Crippen LogP contribution in [0.5, 0.6) is 5.75 Å². The van der Waals surface area contributed by atoms with Gasteiger partial charge in [0.1, 0.15) is 17.7 Å². The highest BCUT2D eigenvalue weighted by Gasteiger charge is 2.30. The molecule has 1 aliphatic heterocycles. The van der Waals surface area contributed by atoms with Crippen LogP contribution in [0.25, 0.3) is 0 Å². The van der Waals surface area contributed by atoms with Gasteiger partial charge in [-0.2, -0.15) is 0 Å². The Balaban J connectivity index is 2.03. The predicted molar refractivity (Wildman–Crippen MR) is 74.9 cm³/mol. The second-order valence-electron chi connectivity index (χ2n) is 5.75. The molecule has 0 radical (unpaired) electrons. The van der Waals surface area contributed by atoms with E-state index in [1.54, 1.807) is 12.1 Å². The van der Waals surface area contributed by atoms with Gasteiger partial charge in [0.25, 0.3) is 0 Å². The van der Waals surface area contributed by atoms with E-state index < -0.39 is 0 Å². The van der Waals surface area contributed by atoms with Crippen molar-refractivity contribution in [3.63, 3.8) is 0 Å². The van der Waals surface area contributed by atoms with Gasteiger partial charge in [-0.25, -0.2) is 4.39 Å². The van der Waals surface area contributed by atoms with Gasteiger partial charge in [0.05, 0.1) is 0 Å². The van der Waals surface area contributed by atoms with E-state index in [9.17, 15) is 4.39 Å². The minimum Gasteiger partial charge on any atom is -0.488 e. The van der Waals surface area contributed by atoms with E-state index in [0.717, 1.165) is 30.8 Å². The molecule has 0 fully saturated rings. The molecule has 0 saturated carbocycles. The van der Waals surface area contributed by atoms with Crippen molar-refractivity contribution in [1.82, 2.24) is 4.90 Å². The summed E-state index contributed by atoms with van der Waals surface area (Å²) in [4.78, 5) is 2.32. The molecule has 3 nitrogen and oxygen atoms in total. The minimum absolute atomic E-state index is 0.0435. The van der Waals surface area contributed by atoms with Crippen molar-refractivity contribution in [3.8, 4) is 5.75 Å². The van der Waals surface area contributed by atoms with Gasteiger partial charge in [-0.1, -0.05) is 6.92 Å². The van der Waals surface area contributed by atoms with Crippen LogP contribution in [0, 0.1) is 5.82 Å². The van der Waals surface area contributed by atoms with E-state index in [-0.39, 0.29) is 17.5 Å². The van der Waals surface area contributed by atoms with E-state index in [0.29, 0.717) is 6.54 Å². The Morgan fingerprint density at radius 3 is 2.84 bits per heavy atom. The van der Waals surface area contributed by atoms with Crippen molar-refractivity contribution < 1.29 is 9.13 Å². The zero-order chi connectivity index (χ0) is 14.0. The van der Waals surface area contributed by atoms with Crippen LogP contribution in [0.2, 0.25) is 0 Å². The second-order valence-corrected chi connectivity index (χ2v) is 5.75. The summed E-state index contributed by atoms with van der Waals surface area (Å²) in [5, 5.41) is 0. The van der Waals surface area contributed by atoms with Crippen molar-refractivity contribution in [1.29, 1.82) is 0 Å². The SMILES string of the molecule is CCN(CC1Cc2cc(F)ccc2O1)C(C)(C)CN. The van der Waals surface area contributed by atoms with Crippen LogP contribution in [0.3, 0.4) is 0 Å². The lowest BCUT2D eigenvalue weighted by Crippen LogP contribution is -2.52. The topological polar surface area (TPSA) is 38.5 Å². The summed E-state index contributed by atoms with van der Waals surface area (Å²) in [5.41, 5.74) is 6.75. The average Bonchev–Trinajstić information content (AvgIpc) is 2.77. The molecule has 1 atom stereocenters. The monoisotopic (exact) mass is 266 g/mol. The summed E-state index contributed by atoms with van der Waals surface area (Å²) in [5.74, 6) is 0.616. The van der Waals surface area contributed by atoms with Crippen molar-refractivity contribution in [2.75, 3.05) is 19.6 Å². The summed E-state index contributed by atoms with van der Waals surface area (Å²) in [6.07, 6.45) is 0.854. The lowest BCUT2D eigenvalue weighted by molar-refractivity contribution is 0.0796. The summed E-state index contributed by atoms with van der Waals surface area (Å²) in [7, 11) is 0. The Bertz CT molecular complexity index is 448. The van der Waals surface area contributed by atoms with Gasteiger partial charge in [-0.05, 0) is 38.6 Å². The maximum Gasteiger partial charge on any atom is 0.123 e. The van der Waals surface area contributed by atoms with Crippen molar-refractivity contribution in [3.05, 3.63) is 29.6 Å². The van der Waals surface area contributed by atoms with Gasteiger partial charge in [-0.3, -0.25) is 4.90 Å². The summed E-state index contributed by atoms with van der Waals surface area (Å²) in [6.45, 7) is 8.75. The highest BCUT2D eigenvalue weighted by atomic mass is 19.1. The van der Waals surface area contributed by atoms with Crippen LogP contribution >= 0.6 is 0 Å². The quantitative estimate of drug-likeness (QED) is 0.888. The fourth-order valence-corrected chi connectivity index (χ4v) is 2.57. The first-order valence-corrected chi connectivity index (χ1v) is 6.86. The van der Waals surface area contributed by atoms with Gasteiger partial charge >= 0.3 is 0 Å². The molecule has 1 aliphatic rings. The summed E-state index contributed by atoms with van der Waals surface area (Å²) in [6, 6.07) is 4.73. The maximum absolute atomic E-state index is 13.2. The van der Waals surface area contributed by atoms with Crippen LogP contribution in [0.4, 0.5) is 4.39 Å². The molecule has 0 bridgehead atoms. The number of fused-ring (bicyclic) bond motifs is 1. The molecule has 0 amide bonds. The average molecular weight is 266 g/mol. The van der Waals surface area contributed by atoms with Crippen LogP contribution in [0.15, 0.2) is 18.2 Å². The molecule has 1 heterocycles. The number of nitrogens with two attached hydrogens (primary N) is 1. The fraction of sp³-hybridized carbons (Fsp3) is 0.600. The molecule has 0 spiro atoms. The Labute approximate surface area is 114 Å². The zero-order valence-electron chi connectivity index (χ0n) is 11.9. The first-order valence-electron chi connectivity index (χ1n) is 6.86. The maximum atomic E-state index is 13.2. The smallest absolute Gasteiger partial charge is 0.123 e. The normalized spacial score (nSPS) is 18.5. The Morgan fingerprint density at radius 2 is 2.21 bits per heavy atom. The second kappa shape index (κ2) is 5.47. The largest absolute Gasteiger partial charge is 0.488 e. The zero-order valence-corrected chi connectivity index (χ0v) is 11.9. The molecule has 2 N–H and O–H groups in total. The molecular formula is C15H23FN2O. The molecule has 0 aliphatic carbocycles. The van der Waals surface area contributed by atoms with E-state index in [2.05, 4.69) is 25.7 Å². The number of hydrogen-bond acceptors (Lipinski definition) is 3. The number of likely N-dealkylation sites (N-methyl/N-ethyl adjacent to an activating group) is 1. The van der Waals surface area contributed by atoms with Gasteiger partial charge in [0.15, 0.2) is 0 Å². The third kappa shape index (κ3) is 3.07. The van der Waals surface area contributed by atoms with Gasteiger partial charge < -0.3 is 10.5 Å². The molecule has 19 heavy (non-hydrogen) atoms. The minimum atomic E-state index is -0.197. The number of hydrogen-bond donors (Lipinski definition) is 1. The van der Waals surface area contributed by atoms with Gasteiger partial charge in [0, 0.05) is 30.6 Å². The standard InChI is InChI=1S/C15H23FN2O/c1-4-18(15(2,3)10-17)9-13-8-11-7-12(16)5-6-14(11)19-13/h5-7,13H,4,8-10,17H2,1-3H3.